The van der Waals surface area contributed by atoms with Crippen LogP contribution in [0.15, 0.2) is 223 Å². The van der Waals surface area contributed by atoms with Crippen molar-refractivity contribution in [3.63, 3.8) is 0 Å². The first-order valence-corrected chi connectivity index (χ1v) is 20.2. The van der Waals surface area contributed by atoms with Crippen molar-refractivity contribution < 1.29 is 4.42 Å². The van der Waals surface area contributed by atoms with Crippen LogP contribution in [-0.4, -0.2) is 9.13 Å². The van der Waals surface area contributed by atoms with Gasteiger partial charge in [0.15, 0.2) is 0 Å². The molecule has 0 radical (unpaired) electrons. The van der Waals surface area contributed by atoms with Crippen LogP contribution in [0.1, 0.15) is 0 Å². The molecule has 0 atom stereocenters. The molecule has 0 unspecified atom stereocenters. The van der Waals surface area contributed by atoms with Gasteiger partial charge in [0.1, 0.15) is 11.2 Å². The van der Waals surface area contributed by atoms with Gasteiger partial charge in [0.2, 0.25) is 0 Å². The Morgan fingerprint density at radius 1 is 0.288 bits per heavy atom. The molecule has 12 aromatic rings. The van der Waals surface area contributed by atoms with Crippen LogP contribution >= 0.6 is 0 Å². The zero-order valence-electron chi connectivity index (χ0n) is 32.1. The van der Waals surface area contributed by atoms with Gasteiger partial charge in [-0.25, -0.2) is 0 Å². The van der Waals surface area contributed by atoms with Crippen molar-refractivity contribution in [3.8, 4) is 56.0 Å². The molecule has 0 amide bonds. The maximum Gasteiger partial charge on any atom is 0.143 e. The first kappa shape index (κ1) is 33.3. The zero-order chi connectivity index (χ0) is 38.9. The summed E-state index contributed by atoms with van der Waals surface area (Å²) in [7, 11) is 0. The van der Waals surface area contributed by atoms with E-state index in [0.717, 1.165) is 61.3 Å². The predicted octanol–water partition coefficient (Wildman–Crippen LogP) is 15.3. The van der Waals surface area contributed by atoms with Crippen molar-refractivity contribution in [1.82, 2.24) is 9.13 Å². The molecule has 0 aliphatic rings. The number of hydrogen-bond acceptors (Lipinski definition) is 1. The van der Waals surface area contributed by atoms with E-state index in [4.69, 9.17) is 4.42 Å². The summed E-state index contributed by atoms with van der Waals surface area (Å²) in [5.74, 6) is 0. The highest BCUT2D eigenvalue weighted by Gasteiger charge is 2.21. The van der Waals surface area contributed by atoms with E-state index in [2.05, 4.69) is 228 Å². The Kier molecular flexibility index (Phi) is 7.54. The fraction of sp³-hybridized carbons (Fsp3) is 0. The second kappa shape index (κ2) is 13.4. The van der Waals surface area contributed by atoms with Gasteiger partial charge in [-0.2, -0.15) is 0 Å². The fourth-order valence-electron chi connectivity index (χ4n) is 9.22. The average Bonchev–Trinajstić information content (AvgIpc) is 4.00. The van der Waals surface area contributed by atoms with Crippen LogP contribution in [-0.2, 0) is 0 Å². The molecule has 3 aromatic heterocycles. The average molecular weight is 753 g/mol. The molecular formula is C56H36N2O. The van der Waals surface area contributed by atoms with E-state index >= 15 is 0 Å². The molecule has 12 rings (SSSR count). The van der Waals surface area contributed by atoms with Gasteiger partial charge in [-0.1, -0.05) is 176 Å². The molecular weight excluding hydrogens is 717 g/mol. The Labute approximate surface area is 341 Å². The summed E-state index contributed by atoms with van der Waals surface area (Å²) in [5.41, 5.74) is 16.8. The third kappa shape index (κ3) is 5.29. The van der Waals surface area contributed by atoms with E-state index in [1.165, 1.54) is 49.4 Å². The Bertz CT molecular complexity index is 3500. The summed E-state index contributed by atoms with van der Waals surface area (Å²) in [5, 5.41) is 5.92. The Balaban J connectivity index is 1.00. The largest absolute Gasteiger partial charge is 0.455 e. The molecule has 3 heterocycles. The molecule has 3 heteroatoms. The number of nitrogens with zero attached hydrogens (tertiary/aromatic N) is 2. The zero-order valence-corrected chi connectivity index (χ0v) is 32.1. The van der Waals surface area contributed by atoms with E-state index in [-0.39, 0.29) is 0 Å². The van der Waals surface area contributed by atoms with Crippen LogP contribution in [0.3, 0.4) is 0 Å². The lowest BCUT2D eigenvalue weighted by Gasteiger charge is -2.12. The highest BCUT2D eigenvalue weighted by molar-refractivity contribution is 6.19. The minimum atomic E-state index is 0.901. The van der Waals surface area contributed by atoms with Crippen LogP contribution in [0.5, 0.6) is 0 Å². The maximum atomic E-state index is 6.88. The number of aromatic nitrogens is 2. The summed E-state index contributed by atoms with van der Waals surface area (Å²) in [4.78, 5) is 0. The van der Waals surface area contributed by atoms with Crippen molar-refractivity contribution in [2.24, 2.45) is 0 Å². The number of furan rings is 1. The van der Waals surface area contributed by atoms with Gasteiger partial charge in [-0.05, 0) is 70.3 Å². The van der Waals surface area contributed by atoms with Crippen molar-refractivity contribution in [1.29, 1.82) is 0 Å². The van der Waals surface area contributed by atoms with Gasteiger partial charge in [0.05, 0.1) is 22.2 Å². The van der Waals surface area contributed by atoms with E-state index in [1.54, 1.807) is 0 Å². The molecule has 9 aromatic carbocycles. The lowest BCUT2D eigenvalue weighted by atomic mass is 9.98. The first-order valence-electron chi connectivity index (χ1n) is 20.2. The number of benzene rings is 9. The van der Waals surface area contributed by atoms with Crippen molar-refractivity contribution >= 4 is 54.6 Å². The molecule has 0 N–H and O–H groups in total. The van der Waals surface area contributed by atoms with Gasteiger partial charge < -0.3 is 13.6 Å². The highest BCUT2D eigenvalue weighted by Crippen LogP contribution is 2.43. The Hall–Kier alpha value is -7.88. The van der Waals surface area contributed by atoms with Crippen LogP contribution in [0.2, 0.25) is 0 Å². The lowest BCUT2D eigenvalue weighted by Crippen LogP contribution is -1.97. The van der Waals surface area contributed by atoms with Crippen LogP contribution in [0.4, 0.5) is 0 Å². The molecule has 3 nitrogen and oxygen atoms in total. The minimum Gasteiger partial charge on any atom is -0.455 e. The van der Waals surface area contributed by atoms with E-state index in [1.807, 2.05) is 0 Å². The van der Waals surface area contributed by atoms with Crippen LogP contribution in [0.25, 0.3) is 111 Å². The smallest absolute Gasteiger partial charge is 0.143 e. The summed E-state index contributed by atoms with van der Waals surface area (Å²) < 4.78 is 11.7. The van der Waals surface area contributed by atoms with Crippen molar-refractivity contribution in [2.45, 2.75) is 0 Å². The van der Waals surface area contributed by atoms with Gasteiger partial charge in [-0.15, -0.1) is 0 Å². The molecule has 0 spiro atoms. The van der Waals surface area contributed by atoms with E-state index < -0.39 is 0 Å². The molecule has 0 aliphatic carbocycles. The van der Waals surface area contributed by atoms with Crippen LogP contribution in [0, 0.1) is 0 Å². The van der Waals surface area contributed by atoms with Crippen LogP contribution < -0.4 is 0 Å². The monoisotopic (exact) mass is 752 g/mol. The Morgan fingerprint density at radius 3 is 1.44 bits per heavy atom. The molecule has 276 valence electrons. The molecule has 59 heavy (non-hydrogen) atoms. The van der Waals surface area contributed by atoms with Gasteiger partial charge in [-0.3, -0.25) is 0 Å². The highest BCUT2D eigenvalue weighted by atomic mass is 16.3. The number of para-hydroxylation sites is 4. The molecule has 0 aliphatic heterocycles. The first-order chi connectivity index (χ1) is 29.3. The van der Waals surface area contributed by atoms with E-state index in [9.17, 15) is 0 Å². The van der Waals surface area contributed by atoms with Crippen molar-refractivity contribution in [3.05, 3.63) is 218 Å². The van der Waals surface area contributed by atoms with Gasteiger partial charge >= 0.3 is 0 Å². The summed E-state index contributed by atoms with van der Waals surface area (Å²) >= 11 is 0. The molecule has 0 bridgehead atoms. The Morgan fingerprint density at radius 2 is 0.780 bits per heavy atom. The molecule has 0 saturated carbocycles. The van der Waals surface area contributed by atoms with Crippen molar-refractivity contribution in [2.75, 3.05) is 0 Å². The second-order valence-electron chi connectivity index (χ2n) is 15.3. The number of fused-ring (bicyclic) bond motifs is 8. The topological polar surface area (TPSA) is 23.0 Å². The maximum absolute atomic E-state index is 6.88. The number of rotatable bonds is 6. The third-order valence-corrected chi connectivity index (χ3v) is 12.0. The third-order valence-electron chi connectivity index (χ3n) is 12.0. The second-order valence-corrected chi connectivity index (χ2v) is 15.3. The number of hydrogen-bond donors (Lipinski definition) is 0. The molecule has 0 saturated heterocycles. The normalized spacial score (nSPS) is 11.7. The lowest BCUT2D eigenvalue weighted by molar-refractivity contribution is 0.671. The van der Waals surface area contributed by atoms with Gasteiger partial charge in [0.25, 0.3) is 0 Å². The predicted molar refractivity (Wildman–Crippen MR) is 247 cm³/mol. The summed E-state index contributed by atoms with van der Waals surface area (Å²) in [6, 6.07) is 78.4. The molecule has 0 fully saturated rings. The summed E-state index contributed by atoms with van der Waals surface area (Å²) in [6.07, 6.45) is 0. The summed E-state index contributed by atoms with van der Waals surface area (Å²) in [6.45, 7) is 0. The van der Waals surface area contributed by atoms with Gasteiger partial charge in [0, 0.05) is 49.4 Å². The quantitative estimate of drug-likeness (QED) is 0.166. The minimum absolute atomic E-state index is 0.901. The van der Waals surface area contributed by atoms with E-state index in [0.29, 0.717) is 0 Å². The standard InChI is InChI=1S/C56H36N2O/c1-4-14-37(15-5-1)38-26-28-39(29-27-38)44-21-12-23-48-49-24-13-22-45(56(49)59-55(44)48)40-30-32-43(33-31-40)58-51-25-11-10-20-46(51)47-34-35-52-50(54(47)58)36-53(41-16-6-2-7-17-41)57(52)42-18-8-3-9-19-42/h1-36H. The fourth-order valence-corrected chi connectivity index (χ4v) is 9.22. The SMILES string of the molecule is c1ccc(-c2ccc(-c3cccc4c3oc3c(-c5ccc(-n6c7ccccc7c7ccc8c(cc(-c9ccccc9)n8-c8ccccc8)c76)cc5)cccc34)cc2)cc1.